The average molecular weight is 346 g/mol. The van der Waals surface area contributed by atoms with Crippen molar-refractivity contribution in [3.05, 3.63) is 69.8 Å². The minimum atomic E-state index is -0.903. The lowest BCUT2D eigenvalue weighted by Crippen LogP contribution is -2.12. The number of anilines is 1. The van der Waals surface area contributed by atoms with E-state index in [0.717, 1.165) is 18.2 Å². The Morgan fingerprint density at radius 3 is 2.68 bits per heavy atom. The Balaban J connectivity index is 1.80. The van der Waals surface area contributed by atoms with Crippen molar-refractivity contribution in [2.45, 2.75) is 0 Å². The van der Waals surface area contributed by atoms with Gasteiger partial charge in [0.15, 0.2) is 0 Å². The zero-order valence-electron chi connectivity index (χ0n) is 12.3. The number of carbonyl (C=O) groups is 1. The normalized spacial score (nSPS) is 10.5. The minimum absolute atomic E-state index is 0.00177. The van der Waals surface area contributed by atoms with E-state index in [1.54, 1.807) is 0 Å². The maximum absolute atomic E-state index is 13.7. The van der Waals surface area contributed by atoms with Crippen molar-refractivity contribution >= 4 is 17.6 Å². The quantitative estimate of drug-likeness (QED) is 0.574. The predicted molar refractivity (Wildman–Crippen MR) is 80.7 cm³/mol. The molecule has 0 aliphatic carbocycles. The van der Waals surface area contributed by atoms with Gasteiger partial charge in [-0.15, -0.1) is 5.10 Å². The van der Waals surface area contributed by atoms with Crippen molar-refractivity contribution < 1.29 is 22.9 Å². The molecule has 0 saturated heterocycles. The van der Waals surface area contributed by atoms with Gasteiger partial charge in [0.05, 0.1) is 10.5 Å². The molecular weight excluding hydrogens is 338 g/mol. The molecule has 0 unspecified atom stereocenters. The van der Waals surface area contributed by atoms with Crippen LogP contribution < -0.4 is 5.32 Å². The number of aromatic nitrogens is 2. The molecule has 1 N–H and O–H groups in total. The van der Waals surface area contributed by atoms with E-state index < -0.39 is 22.5 Å². The van der Waals surface area contributed by atoms with Crippen molar-refractivity contribution in [1.29, 1.82) is 0 Å². The van der Waals surface area contributed by atoms with E-state index in [2.05, 4.69) is 15.5 Å². The molecule has 3 rings (SSSR count). The highest BCUT2D eigenvalue weighted by atomic mass is 19.1. The summed E-state index contributed by atoms with van der Waals surface area (Å²) in [6.45, 7) is 0. The molecule has 8 nitrogen and oxygen atoms in total. The number of non-ortho nitro benzene ring substituents is 1. The molecule has 0 spiro atoms. The first-order valence-corrected chi connectivity index (χ1v) is 6.79. The number of amides is 1. The third-order valence-corrected chi connectivity index (χ3v) is 3.13. The minimum Gasteiger partial charge on any atom is -0.403 e. The molecule has 1 amide bonds. The number of nitro groups is 1. The lowest BCUT2D eigenvalue weighted by molar-refractivity contribution is -0.384. The highest BCUT2D eigenvalue weighted by molar-refractivity contribution is 6.03. The van der Waals surface area contributed by atoms with Crippen LogP contribution in [0, 0.1) is 21.7 Å². The van der Waals surface area contributed by atoms with Crippen LogP contribution in [0.2, 0.25) is 0 Å². The molecule has 0 atom stereocenters. The maximum atomic E-state index is 13.7. The largest absolute Gasteiger partial charge is 0.403 e. The summed E-state index contributed by atoms with van der Waals surface area (Å²) in [5.41, 5.74) is -0.390. The van der Waals surface area contributed by atoms with Gasteiger partial charge in [-0.3, -0.25) is 20.2 Å². The van der Waals surface area contributed by atoms with Crippen LogP contribution in [0.4, 0.5) is 20.5 Å². The van der Waals surface area contributed by atoms with E-state index >= 15 is 0 Å². The van der Waals surface area contributed by atoms with Gasteiger partial charge in [-0.05, 0) is 18.2 Å². The van der Waals surface area contributed by atoms with E-state index in [1.807, 2.05) is 0 Å². The smallest absolute Gasteiger partial charge is 0.322 e. The lowest BCUT2D eigenvalue weighted by Gasteiger charge is -2.00. The Morgan fingerprint density at radius 1 is 1.16 bits per heavy atom. The highest BCUT2D eigenvalue weighted by Crippen LogP contribution is 2.24. The number of hydrogen-bond acceptors (Lipinski definition) is 6. The van der Waals surface area contributed by atoms with Crippen LogP contribution in [0.15, 0.2) is 46.9 Å². The second-order valence-corrected chi connectivity index (χ2v) is 4.80. The van der Waals surface area contributed by atoms with Gasteiger partial charge < -0.3 is 4.42 Å². The number of nitrogens with one attached hydrogen (secondary N) is 1. The Labute approximate surface area is 138 Å². The zero-order valence-corrected chi connectivity index (χ0v) is 12.3. The third-order valence-electron chi connectivity index (χ3n) is 3.13. The van der Waals surface area contributed by atoms with Crippen LogP contribution in [0.3, 0.4) is 0 Å². The molecule has 10 heteroatoms. The summed E-state index contributed by atoms with van der Waals surface area (Å²) < 4.78 is 31.7. The molecule has 2 aromatic carbocycles. The molecule has 3 aromatic rings. The summed E-state index contributed by atoms with van der Waals surface area (Å²) in [6, 6.07) is 7.47. The van der Waals surface area contributed by atoms with Crippen molar-refractivity contribution in [2.75, 3.05) is 5.32 Å². The average Bonchev–Trinajstić information content (AvgIpc) is 3.03. The molecule has 25 heavy (non-hydrogen) atoms. The highest BCUT2D eigenvalue weighted by Gasteiger charge is 2.17. The van der Waals surface area contributed by atoms with Crippen molar-refractivity contribution in [2.24, 2.45) is 0 Å². The van der Waals surface area contributed by atoms with Crippen LogP contribution in [0.1, 0.15) is 10.4 Å². The van der Waals surface area contributed by atoms with Gasteiger partial charge in [-0.25, -0.2) is 8.78 Å². The van der Waals surface area contributed by atoms with Gasteiger partial charge in [-0.1, -0.05) is 11.2 Å². The molecular formula is C15H8F2N4O4. The monoisotopic (exact) mass is 346 g/mol. The molecule has 0 bridgehead atoms. The van der Waals surface area contributed by atoms with Gasteiger partial charge in [0, 0.05) is 23.8 Å². The van der Waals surface area contributed by atoms with E-state index in [-0.39, 0.29) is 28.7 Å². The Bertz CT molecular complexity index is 974. The van der Waals surface area contributed by atoms with Crippen LogP contribution in [0.5, 0.6) is 0 Å². The SMILES string of the molecule is O=C(Nc1nnc(-c2ccc(F)cc2F)o1)c1cccc([N+](=O)[O-])c1. The Hall–Kier alpha value is -3.69. The topological polar surface area (TPSA) is 111 Å². The van der Waals surface area contributed by atoms with E-state index in [9.17, 15) is 23.7 Å². The van der Waals surface area contributed by atoms with Gasteiger partial charge in [0.25, 0.3) is 17.5 Å². The lowest BCUT2D eigenvalue weighted by atomic mass is 10.2. The first-order valence-electron chi connectivity index (χ1n) is 6.79. The Kier molecular flexibility index (Phi) is 4.16. The summed E-state index contributed by atoms with van der Waals surface area (Å²) in [5, 5.41) is 20.1. The molecule has 0 fully saturated rings. The number of nitrogens with zero attached hydrogens (tertiary/aromatic N) is 3. The molecule has 1 aromatic heterocycles. The molecule has 0 aliphatic heterocycles. The fourth-order valence-electron chi connectivity index (χ4n) is 1.98. The second kappa shape index (κ2) is 6.43. The Morgan fingerprint density at radius 2 is 1.96 bits per heavy atom. The number of hydrogen-bond donors (Lipinski definition) is 1. The molecule has 0 aliphatic rings. The molecule has 0 saturated carbocycles. The second-order valence-electron chi connectivity index (χ2n) is 4.80. The summed E-state index contributed by atoms with van der Waals surface area (Å²) in [5.74, 6) is -2.65. The summed E-state index contributed by atoms with van der Waals surface area (Å²) in [7, 11) is 0. The van der Waals surface area contributed by atoms with Gasteiger partial charge in [0.1, 0.15) is 11.6 Å². The number of benzene rings is 2. The fourth-order valence-corrected chi connectivity index (χ4v) is 1.98. The standard InChI is InChI=1S/C15H8F2N4O4/c16-9-4-5-11(12(17)7-9)14-19-20-15(25-14)18-13(22)8-2-1-3-10(6-8)21(23)24/h1-7H,(H,18,20,22). The fraction of sp³-hybridized carbons (Fsp3) is 0. The van der Waals surface area contributed by atoms with Gasteiger partial charge >= 0.3 is 6.01 Å². The number of rotatable bonds is 4. The van der Waals surface area contributed by atoms with E-state index in [0.29, 0.717) is 6.07 Å². The van der Waals surface area contributed by atoms with E-state index in [1.165, 1.54) is 18.2 Å². The number of carbonyl (C=O) groups excluding carboxylic acids is 1. The summed E-state index contributed by atoms with van der Waals surface area (Å²) in [4.78, 5) is 22.1. The van der Waals surface area contributed by atoms with Gasteiger partial charge in [0.2, 0.25) is 0 Å². The van der Waals surface area contributed by atoms with Crippen molar-refractivity contribution in [3.63, 3.8) is 0 Å². The maximum Gasteiger partial charge on any atom is 0.322 e. The van der Waals surface area contributed by atoms with E-state index in [4.69, 9.17) is 4.42 Å². The molecule has 1 heterocycles. The van der Waals surface area contributed by atoms with Crippen LogP contribution in [0.25, 0.3) is 11.5 Å². The number of nitro benzene ring substituents is 1. The number of halogens is 2. The van der Waals surface area contributed by atoms with Crippen LogP contribution >= 0.6 is 0 Å². The molecule has 126 valence electrons. The van der Waals surface area contributed by atoms with Gasteiger partial charge in [-0.2, -0.15) is 0 Å². The first-order chi connectivity index (χ1) is 11.9. The predicted octanol–water partition coefficient (Wildman–Crippen LogP) is 3.18. The van der Waals surface area contributed by atoms with Crippen molar-refractivity contribution in [3.8, 4) is 11.5 Å². The van der Waals surface area contributed by atoms with Crippen LogP contribution in [-0.4, -0.2) is 21.0 Å². The van der Waals surface area contributed by atoms with Crippen molar-refractivity contribution in [1.82, 2.24) is 10.2 Å². The zero-order chi connectivity index (χ0) is 18.0. The summed E-state index contributed by atoms with van der Waals surface area (Å²) >= 11 is 0. The first kappa shape index (κ1) is 16.2. The molecule has 0 radical (unpaired) electrons. The van der Waals surface area contributed by atoms with Crippen LogP contribution in [-0.2, 0) is 0 Å². The summed E-state index contributed by atoms with van der Waals surface area (Å²) in [6.07, 6.45) is 0. The third kappa shape index (κ3) is 3.47.